The molecule has 0 bridgehead atoms. The van der Waals surface area contributed by atoms with E-state index in [1.807, 2.05) is 13.8 Å². The van der Waals surface area contributed by atoms with Crippen molar-refractivity contribution < 1.29 is 10.4 Å². The lowest BCUT2D eigenvalue weighted by Gasteiger charge is -1.91. The number of oxime groups is 2. The Balaban J connectivity index is 0. The average Bonchev–Trinajstić information content (AvgIpc) is 2.33. The van der Waals surface area contributed by atoms with Crippen LogP contribution in [0.3, 0.4) is 0 Å². The van der Waals surface area contributed by atoms with Crippen molar-refractivity contribution in [2.45, 2.75) is 66.2 Å². The van der Waals surface area contributed by atoms with Crippen molar-refractivity contribution in [3.8, 4) is 0 Å². The van der Waals surface area contributed by atoms with Gasteiger partial charge in [0.2, 0.25) is 0 Å². The van der Waals surface area contributed by atoms with Gasteiger partial charge in [-0.05, 0) is 39.5 Å². The van der Waals surface area contributed by atoms with Gasteiger partial charge in [0, 0.05) is 0 Å². The number of unbranched alkanes of at least 4 members (excludes halogenated alkanes) is 2. The van der Waals surface area contributed by atoms with Crippen LogP contribution in [0.5, 0.6) is 0 Å². The van der Waals surface area contributed by atoms with Crippen molar-refractivity contribution in [1.82, 2.24) is 0 Å². The zero-order valence-corrected chi connectivity index (χ0v) is 11.0. The standard InChI is InChI=1S/2C6H13NO/c2*1-3-4-5-6(2)7-8/h2*8H,3-5H2,1-2H3. The van der Waals surface area contributed by atoms with Crippen LogP contribution >= 0.6 is 0 Å². The zero-order chi connectivity index (χ0) is 12.8. The fourth-order valence-electron chi connectivity index (χ4n) is 0.965. The van der Waals surface area contributed by atoms with E-state index in [1.54, 1.807) is 0 Å². The average molecular weight is 230 g/mol. The molecule has 0 unspecified atom stereocenters. The van der Waals surface area contributed by atoms with Crippen molar-refractivity contribution in [3.63, 3.8) is 0 Å². The largest absolute Gasteiger partial charge is 0.411 e. The molecule has 4 nitrogen and oxygen atoms in total. The molecule has 0 aliphatic carbocycles. The minimum Gasteiger partial charge on any atom is -0.411 e. The molecule has 4 heteroatoms. The van der Waals surface area contributed by atoms with Gasteiger partial charge in [-0.25, -0.2) is 0 Å². The minimum atomic E-state index is 0.826. The van der Waals surface area contributed by atoms with E-state index < -0.39 is 0 Å². The Morgan fingerprint density at radius 1 is 0.812 bits per heavy atom. The summed E-state index contributed by atoms with van der Waals surface area (Å²) in [5.41, 5.74) is 1.65. The predicted molar refractivity (Wildman–Crippen MR) is 68.8 cm³/mol. The number of rotatable bonds is 6. The highest BCUT2D eigenvalue weighted by atomic mass is 16.4. The van der Waals surface area contributed by atoms with Crippen LogP contribution in [0.15, 0.2) is 10.3 Å². The first kappa shape index (κ1) is 17.3. The molecule has 0 heterocycles. The van der Waals surface area contributed by atoms with Gasteiger partial charge in [0.1, 0.15) is 0 Å². The van der Waals surface area contributed by atoms with Crippen molar-refractivity contribution in [1.29, 1.82) is 0 Å². The normalized spacial score (nSPS) is 12.0. The quantitative estimate of drug-likeness (QED) is 0.410. The minimum absolute atomic E-state index is 0.826. The first-order valence-electron chi connectivity index (χ1n) is 5.97. The maximum absolute atomic E-state index is 8.15. The highest BCUT2D eigenvalue weighted by Crippen LogP contribution is 1.95. The van der Waals surface area contributed by atoms with E-state index in [0.29, 0.717) is 0 Å². The SMILES string of the molecule is CCCCC(C)=NO.CCCCC(C)=NO. The summed E-state index contributed by atoms with van der Waals surface area (Å²) in [5.74, 6) is 0. The second-order valence-corrected chi connectivity index (χ2v) is 3.88. The molecule has 0 aliphatic heterocycles. The lowest BCUT2D eigenvalue weighted by Crippen LogP contribution is -1.88. The Morgan fingerprint density at radius 3 is 1.31 bits per heavy atom. The van der Waals surface area contributed by atoms with Crippen LogP contribution in [0.25, 0.3) is 0 Å². The van der Waals surface area contributed by atoms with Crippen LogP contribution in [0.4, 0.5) is 0 Å². The zero-order valence-electron chi connectivity index (χ0n) is 11.0. The molecule has 0 amide bonds. The Hall–Kier alpha value is -1.06. The molecular weight excluding hydrogens is 204 g/mol. The Bertz CT molecular complexity index is 179. The van der Waals surface area contributed by atoms with Gasteiger partial charge in [0.25, 0.3) is 0 Å². The highest BCUT2D eigenvalue weighted by Gasteiger charge is 1.88. The van der Waals surface area contributed by atoms with Gasteiger partial charge in [-0.3, -0.25) is 0 Å². The summed E-state index contributed by atoms with van der Waals surface area (Å²) >= 11 is 0. The molecule has 0 atom stereocenters. The molecule has 0 aromatic carbocycles. The van der Waals surface area contributed by atoms with Crippen molar-refractivity contribution in [2.75, 3.05) is 0 Å². The van der Waals surface area contributed by atoms with Crippen LogP contribution in [-0.4, -0.2) is 21.8 Å². The molecule has 0 saturated carbocycles. The molecule has 16 heavy (non-hydrogen) atoms. The van der Waals surface area contributed by atoms with Gasteiger partial charge in [0.05, 0.1) is 11.4 Å². The molecule has 0 aromatic heterocycles. The summed E-state index contributed by atoms with van der Waals surface area (Å²) in [7, 11) is 0. The number of hydrogen-bond acceptors (Lipinski definition) is 4. The molecule has 96 valence electrons. The topological polar surface area (TPSA) is 65.2 Å². The summed E-state index contributed by atoms with van der Waals surface area (Å²) < 4.78 is 0. The lowest BCUT2D eigenvalue weighted by atomic mass is 10.2. The molecule has 0 rings (SSSR count). The van der Waals surface area contributed by atoms with Crippen LogP contribution in [0.1, 0.15) is 66.2 Å². The van der Waals surface area contributed by atoms with E-state index in [1.165, 1.54) is 0 Å². The predicted octanol–water partition coefficient (Wildman–Crippen LogP) is 4.05. The number of hydrogen-bond donors (Lipinski definition) is 2. The van der Waals surface area contributed by atoms with Crippen LogP contribution in [0.2, 0.25) is 0 Å². The van der Waals surface area contributed by atoms with Crippen LogP contribution in [0, 0.1) is 0 Å². The lowest BCUT2D eigenvalue weighted by molar-refractivity contribution is 0.317. The molecule has 0 radical (unpaired) electrons. The maximum atomic E-state index is 8.15. The Morgan fingerprint density at radius 2 is 1.12 bits per heavy atom. The van der Waals surface area contributed by atoms with Gasteiger partial charge < -0.3 is 10.4 Å². The molecule has 0 aromatic rings. The van der Waals surface area contributed by atoms with E-state index >= 15 is 0 Å². The van der Waals surface area contributed by atoms with Crippen LogP contribution in [-0.2, 0) is 0 Å². The second kappa shape index (κ2) is 13.9. The smallest absolute Gasteiger partial charge is 0.0540 e. The molecular formula is C12H26N2O2. The third kappa shape index (κ3) is 15.4. The van der Waals surface area contributed by atoms with E-state index in [2.05, 4.69) is 24.2 Å². The Labute approximate surface area is 99.0 Å². The molecule has 0 fully saturated rings. The monoisotopic (exact) mass is 230 g/mol. The van der Waals surface area contributed by atoms with E-state index in [0.717, 1.165) is 49.9 Å². The van der Waals surface area contributed by atoms with Gasteiger partial charge in [0.15, 0.2) is 0 Å². The molecule has 0 saturated heterocycles. The Kier molecular flexibility index (Phi) is 15.1. The van der Waals surface area contributed by atoms with Gasteiger partial charge >= 0.3 is 0 Å². The van der Waals surface area contributed by atoms with E-state index in [9.17, 15) is 0 Å². The second-order valence-electron chi connectivity index (χ2n) is 3.88. The summed E-state index contributed by atoms with van der Waals surface area (Å²) in [5, 5.41) is 22.4. The third-order valence-electron chi connectivity index (χ3n) is 2.13. The van der Waals surface area contributed by atoms with Crippen LogP contribution < -0.4 is 0 Å². The molecule has 0 aliphatic rings. The fraction of sp³-hybridized carbons (Fsp3) is 0.833. The first-order chi connectivity index (χ1) is 7.62. The summed E-state index contributed by atoms with van der Waals surface area (Å²) in [6.45, 7) is 7.89. The number of nitrogens with zero attached hydrogens (tertiary/aromatic N) is 2. The summed E-state index contributed by atoms with van der Waals surface area (Å²) in [6.07, 6.45) is 6.41. The highest BCUT2D eigenvalue weighted by molar-refractivity contribution is 5.81. The van der Waals surface area contributed by atoms with Crippen molar-refractivity contribution in [3.05, 3.63) is 0 Å². The van der Waals surface area contributed by atoms with E-state index in [4.69, 9.17) is 10.4 Å². The molecule has 0 spiro atoms. The van der Waals surface area contributed by atoms with Crippen molar-refractivity contribution in [2.24, 2.45) is 10.3 Å². The van der Waals surface area contributed by atoms with Gasteiger partial charge in [-0.15, -0.1) is 0 Å². The first-order valence-corrected chi connectivity index (χ1v) is 5.97. The fourth-order valence-corrected chi connectivity index (χ4v) is 0.965. The maximum Gasteiger partial charge on any atom is 0.0540 e. The van der Waals surface area contributed by atoms with Crippen molar-refractivity contribution >= 4 is 11.4 Å². The van der Waals surface area contributed by atoms with Gasteiger partial charge in [-0.1, -0.05) is 37.0 Å². The summed E-state index contributed by atoms with van der Waals surface area (Å²) in [4.78, 5) is 0. The third-order valence-corrected chi connectivity index (χ3v) is 2.13. The van der Waals surface area contributed by atoms with Gasteiger partial charge in [-0.2, -0.15) is 0 Å². The summed E-state index contributed by atoms with van der Waals surface area (Å²) in [6, 6.07) is 0. The van der Waals surface area contributed by atoms with E-state index in [-0.39, 0.29) is 0 Å². The molecule has 2 N–H and O–H groups in total.